The van der Waals surface area contributed by atoms with Gasteiger partial charge in [0.1, 0.15) is 19.8 Å². The molecule has 3 heterocycles. The molecule has 3 aliphatic rings. The molecule has 3 rings (SSSR count). The highest BCUT2D eigenvalue weighted by molar-refractivity contribution is 7.36. The van der Waals surface area contributed by atoms with Crippen LogP contribution in [-0.2, 0) is 18.9 Å². The molecule has 0 aromatic heterocycles. The zero-order valence-electron chi connectivity index (χ0n) is 19.5. The lowest BCUT2D eigenvalue weighted by molar-refractivity contribution is 0.249. The summed E-state index contributed by atoms with van der Waals surface area (Å²) in [5.41, 5.74) is -1.04. The van der Waals surface area contributed by atoms with Gasteiger partial charge in [0.25, 0.3) is 0 Å². The first-order valence-electron chi connectivity index (χ1n) is 11.1. The maximum Gasteiger partial charge on any atom is 0.367 e. The topological polar surface area (TPSA) is 74.0 Å². The fourth-order valence-corrected chi connectivity index (χ4v) is 3.82. The van der Waals surface area contributed by atoms with E-state index in [0.717, 1.165) is 25.7 Å². The van der Waals surface area contributed by atoms with Crippen LogP contribution in [0.3, 0.4) is 0 Å². The largest absolute Gasteiger partial charge is 0.570 e. The molecule has 0 aromatic carbocycles. The molecule has 0 atom stereocenters. The van der Waals surface area contributed by atoms with Crippen molar-refractivity contribution >= 4 is 23.7 Å². The Hall–Kier alpha value is -1.83. The average Bonchev–Trinajstić information content (AvgIpc) is 3.31. The number of hydrogen-bond acceptors (Lipinski definition) is 7. The third-order valence-corrected chi connectivity index (χ3v) is 5.42. The van der Waals surface area contributed by atoms with Crippen LogP contribution in [-0.4, -0.2) is 66.8 Å². The molecule has 30 heavy (non-hydrogen) atoms. The predicted molar refractivity (Wildman–Crippen MR) is 123 cm³/mol. The molecule has 0 fully saturated rings. The van der Waals surface area contributed by atoms with Gasteiger partial charge in [0.2, 0.25) is 0 Å². The van der Waals surface area contributed by atoms with Crippen molar-refractivity contribution in [2.24, 2.45) is 15.0 Å². The van der Waals surface area contributed by atoms with Crippen LogP contribution < -0.4 is 0 Å². The van der Waals surface area contributed by atoms with Crippen LogP contribution in [0.1, 0.15) is 67.2 Å². The molecule has 0 unspecified atom stereocenters. The van der Waals surface area contributed by atoms with Gasteiger partial charge in [0.05, 0.1) is 34.0 Å². The van der Waals surface area contributed by atoms with Crippen LogP contribution in [0, 0.1) is 0 Å². The van der Waals surface area contributed by atoms with E-state index in [0.29, 0.717) is 43.8 Å². The molecule has 7 nitrogen and oxygen atoms in total. The van der Waals surface area contributed by atoms with Gasteiger partial charge < -0.3 is 18.9 Å². The molecular weight excluding hydrogens is 381 g/mol. The first kappa shape index (κ1) is 22.9. The number of unbranched alkanes of at least 4 members (excludes halogenated alkanes) is 3. The summed E-state index contributed by atoms with van der Waals surface area (Å²) in [6.45, 7) is 18.0. The lowest BCUT2D eigenvalue weighted by atomic mass is 9.38. The third kappa shape index (κ3) is 4.90. The van der Waals surface area contributed by atoms with Gasteiger partial charge in [-0.05, 0) is 60.8 Å². The van der Waals surface area contributed by atoms with Gasteiger partial charge in [-0.3, -0.25) is 15.0 Å². The maximum absolute atomic E-state index is 6.61. The fourth-order valence-electron chi connectivity index (χ4n) is 3.82. The van der Waals surface area contributed by atoms with E-state index in [1.165, 1.54) is 0 Å². The number of hydrogen-bond donors (Lipinski definition) is 0. The summed E-state index contributed by atoms with van der Waals surface area (Å²) in [5, 5.41) is 0. The van der Waals surface area contributed by atoms with E-state index in [-0.39, 0.29) is 16.6 Å². The highest BCUT2D eigenvalue weighted by Crippen LogP contribution is 2.33. The third-order valence-electron chi connectivity index (χ3n) is 5.42. The number of rotatable bonds is 10. The van der Waals surface area contributed by atoms with Crippen molar-refractivity contribution in [1.29, 1.82) is 0 Å². The summed E-state index contributed by atoms with van der Waals surface area (Å²) >= 11 is 0. The fraction of sp³-hybridized carbons (Fsp3) is 0.773. The Morgan fingerprint density at radius 1 is 0.800 bits per heavy atom. The van der Waals surface area contributed by atoms with E-state index in [9.17, 15) is 0 Å². The molecule has 0 N–H and O–H groups in total. The highest BCUT2D eigenvalue weighted by Gasteiger charge is 2.54. The molecule has 0 aliphatic carbocycles. The van der Waals surface area contributed by atoms with Crippen molar-refractivity contribution in [2.75, 3.05) is 26.4 Å². The van der Waals surface area contributed by atoms with Crippen molar-refractivity contribution in [1.82, 2.24) is 0 Å². The first-order valence-corrected chi connectivity index (χ1v) is 11.1. The number of aliphatic imine (C=N–C) groups is 3. The summed E-state index contributed by atoms with van der Waals surface area (Å²) in [6, 6.07) is 0. The van der Waals surface area contributed by atoms with E-state index >= 15 is 0 Å². The van der Waals surface area contributed by atoms with Crippen molar-refractivity contribution in [2.45, 2.75) is 83.8 Å². The Balaban J connectivity index is 1.99. The number of ether oxygens (including phenoxy) is 3. The minimum absolute atomic E-state index is 0.348. The second kappa shape index (κ2) is 8.37. The Bertz CT molecular complexity index is 672. The monoisotopic (exact) mass is 418 g/mol. The van der Waals surface area contributed by atoms with Gasteiger partial charge in [0.15, 0.2) is 0 Å². The van der Waals surface area contributed by atoms with Gasteiger partial charge in [-0.2, -0.15) is 0 Å². The van der Waals surface area contributed by atoms with Gasteiger partial charge in [-0.15, -0.1) is 6.58 Å². The lowest BCUT2D eigenvalue weighted by Crippen LogP contribution is -2.63. The number of nitrogens with zero attached hydrogens (tertiary/aromatic N) is 3. The molecule has 0 bridgehead atoms. The van der Waals surface area contributed by atoms with E-state index in [4.69, 9.17) is 33.8 Å². The molecule has 3 aliphatic heterocycles. The molecule has 0 saturated carbocycles. The van der Waals surface area contributed by atoms with Gasteiger partial charge in [0, 0.05) is 6.61 Å². The van der Waals surface area contributed by atoms with Gasteiger partial charge in [-0.1, -0.05) is 12.5 Å². The zero-order chi connectivity index (χ0) is 22.0. The van der Waals surface area contributed by atoms with E-state index in [2.05, 4.69) is 6.58 Å². The molecule has 168 valence electrons. The molecule has 0 saturated heterocycles. The first-order chi connectivity index (χ1) is 14.0. The SMILES string of the molecule is C=CCCCCCO[B-](C1=NC(C)(C)CO1)(C1=NC(C)(C)CO1)C1=NC(C)(C)CO1. The highest BCUT2D eigenvalue weighted by atomic mass is 16.6. The Labute approximate surface area is 181 Å². The van der Waals surface area contributed by atoms with Crippen molar-refractivity contribution in [3.05, 3.63) is 12.7 Å². The normalized spacial score (nSPS) is 23.7. The van der Waals surface area contributed by atoms with Crippen LogP contribution in [0.25, 0.3) is 0 Å². The van der Waals surface area contributed by atoms with Crippen LogP contribution in [0.5, 0.6) is 0 Å². The Morgan fingerprint density at radius 3 is 1.57 bits per heavy atom. The minimum Gasteiger partial charge on any atom is -0.570 e. The summed E-state index contributed by atoms with van der Waals surface area (Å²) in [7, 11) is 0. The summed E-state index contributed by atoms with van der Waals surface area (Å²) < 4.78 is 24.9. The lowest BCUT2D eigenvalue weighted by Gasteiger charge is -2.39. The number of allylic oxidation sites excluding steroid dienone is 1. The van der Waals surface area contributed by atoms with Crippen molar-refractivity contribution < 1.29 is 18.9 Å². The molecule has 0 amide bonds. The van der Waals surface area contributed by atoms with Crippen molar-refractivity contribution in [3.8, 4) is 0 Å². The summed E-state index contributed by atoms with van der Waals surface area (Å²) in [4.78, 5) is 14.6. The summed E-state index contributed by atoms with van der Waals surface area (Å²) in [6.07, 6.45) is 3.82. The van der Waals surface area contributed by atoms with Crippen LogP contribution in [0.2, 0.25) is 0 Å². The minimum atomic E-state index is -2.18. The smallest absolute Gasteiger partial charge is 0.367 e. The van der Waals surface area contributed by atoms with E-state index in [1.807, 2.05) is 47.6 Å². The van der Waals surface area contributed by atoms with Crippen molar-refractivity contribution in [3.63, 3.8) is 0 Å². The van der Waals surface area contributed by atoms with Crippen LogP contribution >= 0.6 is 0 Å². The predicted octanol–water partition coefficient (Wildman–Crippen LogP) is 3.93. The zero-order valence-corrected chi connectivity index (χ0v) is 19.5. The standard InChI is InChI=1S/C22H37BN3O4/c1-8-9-10-11-12-13-30-23(17-24-20(2,3)14-27-17,18-25-21(4,5)15-28-18)19-26-22(6,7)16-29-19/h8H,1,9-16H2,2-7H3/q-1. The average molecular weight is 418 g/mol. The molecule has 0 radical (unpaired) electrons. The molecule has 8 heteroatoms. The molecule has 0 spiro atoms. The summed E-state index contributed by atoms with van der Waals surface area (Å²) in [5.74, 6) is 1.46. The Morgan fingerprint density at radius 2 is 1.23 bits per heavy atom. The van der Waals surface area contributed by atoms with Gasteiger partial charge in [-0.25, -0.2) is 0 Å². The Kier molecular flexibility index (Phi) is 6.37. The van der Waals surface area contributed by atoms with E-state index < -0.39 is 6.35 Å². The van der Waals surface area contributed by atoms with Crippen LogP contribution in [0.4, 0.5) is 0 Å². The molecule has 0 aromatic rings. The molecular formula is C22H37BN3O4-. The van der Waals surface area contributed by atoms with Gasteiger partial charge >= 0.3 is 6.35 Å². The quantitative estimate of drug-likeness (QED) is 0.306. The second-order valence-electron chi connectivity index (χ2n) is 10.4. The second-order valence-corrected chi connectivity index (χ2v) is 10.4. The van der Waals surface area contributed by atoms with E-state index in [1.54, 1.807) is 0 Å². The van der Waals surface area contributed by atoms with Crippen LogP contribution in [0.15, 0.2) is 27.6 Å². The maximum atomic E-state index is 6.61.